The third-order valence-corrected chi connectivity index (χ3v) is 2.86. The first-order valence-electron chi connectivity index (χ1n) is 6.44. The Labute approximate surface area is 123 Å². The van der Waals surface area contributed by atoms with E-state index in [1.54, 1.807) is 7.11 Å². The summed E-state index contributed by atoms with van der Waals surface area (Å²) >= 11 is 0. The summed E-state index contributed by atoms with van der Waals surface area (Å²) in [7, 11) is 1.63. The van der Waals surface area contributed by atoms with E-state index in [0.717, 1.165) is 28.7 Å². The van der Waals surface area contributed by atoms with Crippen LogP contribution in [0, 0.1) is 0 Å². The summed E-state index contributed by atoms with van der Waals surface area (Å²) in [4.78, 5) is 10.4. The van der Waals surface area contributed by atoms with Crippen molar-refractivity contribution in [3.05, 3.63) is 65.7 Å². The van der Waals surface area contributed by atoms with Crippen LogP contribution in [0.3, 0.4) is 0 Å². The SMILES string of the molecule is COc1ccc(COc2ccc(C=CC(=O)O)cc2)cc1. The fraction of sp³-hybridized carbons (Fsp3) is 0.118. The third-order valence-electron chi connectivity index (χ3n) is 2.86. The predicted molar refractivity (Wildman–Crippen MR) is 80.4 cm³/mol. The molecule has 0 aliphatic rings. The molecule has 108 valence electrons. The molecule has 0 saturated carbocycles. The number of carbonyl (C=O) groups is 1. The number of methoxy groups -OCH3 is 1. The van der Waals surface area contributed by atoms with Gasteiger partial charge in [0.1, 0.15) is 18.1 Å². The second-order valence-electron chi connectivity index (χ2n) is 4.38. The Morgan fingerprint density at radius 3 is 2.24 bits per heavy atom. The lowest BCUT2D eigenvalue weighted by Crippen LogP contribution is -1.95. The van der Waals surface area contributed by atoms with Crippen molar-refractivity contribution < 1.29 is 19.4 Å². The highest BCUT2D eigenvalue weighted by molar-refractivity contribution is 5.85. The predicted octanol–water partition coefficient (Wildman–Crippen LogP) is 3.37. The smallest absolute Gasteiger partial charge is 0.328 e. The van der Waals surface area contributed by atoms with Crippen molar-refractivity contribution in [1.29, 1.82) is 0 Å². The Bertz CT molecular complexity index is 612. The fourth-order valence-electron chi connectivity index (χ4n) is 1.73. The topological polar surface area (TPSA) is 55.8 Å². The van der Waals surface area contributed by atoms with E-state index in [9.17, 15) is 4.79 Å². The van der Waals surface area contributed by atoms with Crippen LogP contribution in [0.25, 0.3) is 6.08 Å². The van der Waals surface area contributed by atoms with Crippen molar-refractivity contribution >= 4 is 12.0 Å². The van der Waals surface area contributed by atoms with Gasteiger partial charge >= 0.3 is 5.97 Å². The number of aliphatic carboxylic acids is 1. The van der Waals surface area contributed by atoms with Crippen LogP contribution >= 0.6 is 0 Å². The number of hydrogen-bond donors (Lipinski definition) is 1. The molecule has 1 N–H and O–H groups in total. The normalized spacial score (nSPS) is 10.5. The minimum atomic E-state index is -0.963. The molecule has 0 bridgehead atoms. The summed E-state index contributed by atoms with van der Waals surface area (Å²) in [6.45, 7) is 0.467. The van der Waals surface area contributed by atoms with Crippen molar-refractivity contribution in [2.24, 2.45) is 0 Å². The van der Waals surface area contributed by atoms with Crippen LogP contribution in [0.5, 0.6) is 11.5 Å². The van der Waals surface area contributed by atoms with Gasteiger partial charge in [0.15, 0.2) is 0 Å². The van der Waals surface area contributed by atoms with Gasteiger partial charge < -0.3 is 14.6 Å². The highest BCUT2D eigenvalue weighted by Gasteiger charge is 1.97. The molecule has 0 aromatic heterocycles. The number of benzene rings is 2. The molecule has 0 atom stereocenters. The van der Waals surface area contributed by atoms with E-state index in [4.69, 9.17) is 14.6 Å². The monoisotopic (exact) mass is 284 g/mol. The van der Waals surface area contributed by atoms with Crippen molar-refractivity contribution in [1.82, 2.24) is 0 Å². The Morgan fingerprint density at radius 2 is 1.67 bits per heavy atom. The molecule has 2 aromatic carbocycles. The van der Waals surface area contributed by atoms with Gasteiger partial charge in [-0.1, -0.05) is 24.3 Å². The van der Waals surface area contributed by atoms with Gasteiger partial charge in [-0.05, 0) is 41.5 Å². The average molecular weight is 284 g/mol. The second kappa shape index (κ2) is 7.14. The highest BCUT2D eigenvalue weighted by Crippen LogP contribution is 2.16. The summed E-state index contributed by atoms with van der Waals surface area (Å²) < 4.78 is 10.8. The maximum Gasteiger partial charge on any atom is 0.328 e. The minimum Gasteiger partial charge on any atom is -0.497 e. The van der Waals surface area contributed by atoms with Gasteiger partial charge in [0.25, 0.3) is 0 Å². The first-order valence-corrected chi connectivity index (χ1v) is 6.44. The molecule has 2 aromatic rings. The van der Waals surface area contributed by atoms with Crippen molar-refractivity contribution in [2.45, 2.75) is 6.61 Å². The summed E-state index contributed by atoms with van der Waals surface area (Å²) in [6, 6.07) is 14.9. The molecule has 2 rings (SSSR count). The van der Waals surface area contributed by atoms with E-state index in [1.165, 1.54) is 6.08 Å². The van der Waals surface area contributed by atoms with Crippen molar-refractivity contribution in [3.8, 4) is 11.5 Å². The molecule has 0 heterocycles. The summed E-state index contributed by atoms with van der Waals surface area (Å²) in [5.41, 5.74) is 1.86. The summed E-state index contributed by atoms with van der Waals surface area (Å²) in [5, 5.41) is 8.56. The van der Waals surface area contributed by atoms with E-state index < -0.39 is 5.97 Å². The molecule has 0 radical (unpaired) electrons. The van der Waals surface area contributed by atoms with Crippen LogP contribution in [0.4, 0.5) is 0 Å². The molecule has 0 fully saturated rings. The van der Waals surface area contributed by atoms with Crippen LogP contribution in [-0.4, -0.2) is 18.2 Å². The number of carboxylic acid groups (broad SMARTS) is 1. The molecule has 0 amide bonds. The largest absolute Gasteiger partial charge is 0.497 e. The van der Waals surface area contributed by atoms with Gasteiger partial charge in [-0.3, -0.25) is 0 Å². The first-order chi connectivity index (χ1) is 10.2. The number of ether oxygens (including phenoxy) is 2. The lowest BCUT2D eigenvalue weighted by molar-refractivity contribution is -0.131. The van der Waals surface area contributed by atoms with Crippen LogP contribution in [0.2, 0.25) is 0 Å². The van der Waals surface area contributed by atoms with Gasteiger partial charge in [0, 0.05) is 6.08 Å². The molecule has 4 heteroatoms. The Morgan fingerprint density at radius 1 is 1.05 bits per heavy atom. The van der Waals surface area contributed by atoms with Gasteiger partial charge in [-0.25, -0.2) is 4.79 Å². The quantitative estimate of drug-likeness (QED) is 0.826. The molecule has 21 heavy (non-hydrogen) atoms. The van der Waals surface area contributed by atoms with Gasteiger partial charge in [0.2, 0.25) is 0 Å². The lowest BCUT2D eigenvalue weighted by Gasteiger charge is -2.07. The van der Waals surface area contributed by atoms with E-state index in [-0.39, 0.29) is 0 Å². The lowest BCUT2D eigenvalue weighted by atomic mass is 10.2. The van der Waals surface area contributed by atoms with Gasteiger partial charge in [-0.2, -0.15) is 0 Å². The zero-order valence-corrected chi connectivity index (χ0v) is 11.7. The maximum atomic E-state index is 10.4. The Balaban J connectivity index is 1.92. The molecule has 4 nitrogen and oxygen atoms in total. The molecular formula is C17H16O4. The first kappa shape index (κ1) is 14.7. The molecule has 0 spiro atoms. The van der Waals surface area contributed by atoms with Crippen LogP contribution in [-0.2, 0) is 11.4 Å². The van der Waals surface area contributed by atoms with Crippen LogP contribution in [0.15, 0.2) is 54.6 Å². The van der Waals surface area contributed by atoms with Gasteiger partial charge in [0.05, 0.1) is 7.11 Å². The summed E-state index contributed by atoms with van der Waals surface area (Å²) in [6.07, 6.45) is 2.64. The zero-order valence-electron chi connectivity index (χ0n) is 11.7. The zero-order chi connectivity index (χ0) is 15.1. The molecular weight excluding hydrogens is 268 g/mol. The van der Waals surface area contributed by atoms with Gasteiger partial charge in [-0.15, -0.1) is 0 Å². The Kier molecular flexibility index (Phi) is 4.99. The van der Waals surface area contributed by atoms with Crippen LogP contribution in [0.1, 0.15) is 11.1 Å². The fourth-order valence-corrected chi connectivity index (χ4v) is 1.73. The third kappa shape index (κ3) is 4.69. The van der Waals surface area contributed by atoms with E-state index in [0.29, 0.717) is 6.61 Å². The van der Waals surface area contributed by atoms with Crippen molar-refractivity contribution in [2.75, 3.05) is 7.11 Å². The number of rotatable bonds is 6. The van der Waals surface area contributed by atoms with Crippen molar-refractivity contribution in [3.63, 3.8) is 0 Å². The molecule has 0 saturated heterocycles. The minimum absolute atomic E-state index is 0.467. The molecule has 0 unspecified atom stereocenters. The van der Waals surface area contributed by atoms with E-state index in [2.05, 4.69) is 0 Å². The number of carboxylic acids is 1. The van der Waals surface area contributed by atoms with E-state index >= 15 is 0 Å². The average Bonchev–Trinajstić information content (AvgIpc) is 2.52. The second-order valence-corrected chi connectivity index (χ2v) is 4.38. The maximum absolute atomic E-state index is 10.4. The molecule has 0 aliphatic heterocycles. The molecule has 0 aliphatic carbocycles. The summed E-state index contributed by atoms with van der Waals surface area (Å²) in [5.74, 6) is 0.585. The van der Waals surface area contributed by atoms with E-state index in [1.807, 2.05) is 48.5 Å². The highest BCUT2D eigenvalue weighted by atomic mass is 16.5. The standard InChI is InChI=1S/C17H16O4/c1-20-15-7-4-14(5-8-15)12-21-16-9-2-13(3-10-16)6-11-17(18)19/h2-11H,12H2,1H3,(H,18,19). The Hall–Kier alpha value is -2.75. The van der Waals surface area contributed by atoms with Crippen LogP contribution < -0.4 is 9.47 Å². The number of hydrogen-bond acceptors (Lipinski definition) is 3.